The number of hydrogen-bond donors (Lipinski definition) is 1. The average molecular weight is 603 g/mol. The Labute approximate surface area is 261 Å². The molecule has 1 N–H and O–H groups in total. The molecule has 1 aromatic carbocycles. The Morgan fingerprint density at radius 3 is 2.52 bits per heavy atom. The standard InChI is InChI=1S/C36H50N4O4/c1-4-30(42)29-19-36-20-31(36)40(29)32(43)21-39-34-27(14-10-5-7-11-23(2)35(44)37-22-36)17-26(16-15-25-12-8-6-9-13-25)18-28(34)33(38-39)24(3)41/h17-18,23,25,29,31H,4-16,19-22H2,1-3H3,(H,37,44)/t23-,29-,31+,36-/m0/s1. The highest BCUT2D eigenvalue weighted by atomic mass is 16.2. The van der Waals surface area contributed by atoms with E-state index < -0.39 is 6.04 Å². The number of amides is 2. The first-order valence-corrected chi connectivity index (χ1v) is 17.4. The molecule has 0 radical (unpaired) electrons. The number of benzene rings is 1. The molecule has 2 aromatic rings. The molecule has 238 valence electrons. The summed E-state index contributed by atoms with van der Waals surface area (Å²) < 4.78 is 1.76. The van der Waals surface area contributed by atoms with Crippen molar-refractivity contribution in [3.05, 3.63) is 29.0 Å². The third-order valence-electron chi connectivity index (χ3n) is 11.2. The van der Waals surface area contributed by atoms with E-state index >= 15 is 0 Å². The van der Waals surface area contributed by atoms with Crippen LogP contribution in [0.15, 0.2) is 12.1 Å². The molecule has 2 amide bonds. The Morgan fingerprint density at radius 2 is 1.77 bits per heavy atom. The Bertz CT molecular complexity index is 1440. The number of aryl methyl sites for hydroxylation is 2. The maximum atomic E-state index is 14.1. The van der Waals surface area contributed by atoms with Gasteiger partial charge in [-0.1, -0.05) is 64.9 Å². The van der Waals surface area contributed by atoms with Crippen LogP contribution in [0.4, 0.5) is 0 Å². The van der Waals surface area contributed by atoms with E-state index in [1.54, 1.807) is 16.5 Å². The van der Waals surface area contributed by atoms with Crippen molar-refractivity contribution in [1.82, 2.24) is 20.0 Å². The smallest absolute Gasteiger partial charge is 0.245 e. The normalized spacial score (nSPS) is 28.4. The maximum Gasteiger partial charge on any atom is 0.245 e. The van der Waals surface area contributed by atoms with E-state index in [1.165, 1.54) is 37.7 Å². The van der Waals surface area contributed by atoms with Crippen molar-refractivity contribution in [3.8, 4) is 0 Å². The Morgan fingerprint density at radius 1 is 1.02 bits per heavy atom. The van der Waals surface area contributed by atoms with Crippen LogP contribution >= 0.6 is 0 Å². The van der Waals surface area contributed by atoms with Gasteiger partial charge in [-0.05, 0) is 68.1 Å². The van der Waals surface area contributed by atoms with Gasteiger partial charge in [0.15, 0.2) is 11.6 Å². The van der Waals surface area contributed by atoms with Crippen molar-refractivity contribution in [1.29, 1.82) is 0 Å². The molecular formula is C36H50N4O4. The van der Waals surface area contributed by atoms with Gasteiger partial charge in [0.25, 0.3) is 0 Å². The summed E-state index contributed by atoms with van der Waals surface area (Å²) in [5.74, 6) is 0.618. The zero-order valence-corrected chi connectivity index (χ0v) is 27.0. The number of piperidine rings is 1. The molecule has 0 unspecified atom stereocenters. The molecule has 44 heavy (non-hydrogen) atoms. The number of hydrogen-bond acceptors (Lipinski definition) is 5. The molecule has 2 aliphatic heterocycles. The number of nitrogens with zero attached hydrogens (tertiary/aromatic N) is 3. The van der Waals surface area contributed by atoms with Crippen LogP contribution in [0.5, 0.6) is 0 Å². The van der Waals surface area contributed by atoms with Gasteiger partial charge in [0.1, 0.15) is 12.2 Å². The van der Waals surface area contributed by atoms with Crippen LogP contribution in [0.2, 0.25) is 0 Å². The van der Waals surface area contributed by atoms with Crippen LogP contribution in [-0.2, 0) is 33.8 Å². The number of rotatable bonds is 6. The van der Waals surface area contributed by atoms with E-state index in [4.69, 9.17) is 5.10 Å². The first-order valence-electron chi connectivity index (χ1n) is 17.4. The molecule has 4 atom stereocenters. The zero-order chi connectivity index (χ0) is 31.0. The number of ketones is 2. The molecule has 0 spiro atoms. The first kappa shape index (κ1) is 31.0. The van der Waals surface area contributed by atoms with Crippen molar-refractivity contribution >= 4 is 34.3 Å². The lowest BCUT2D eigenvalue weighted by molar-refractivity contribution is -0.139. The molecule has 1 aromatic heterocycles. The summed E-state index contributed by atoms with van der Waals surface area (Å²) in [4.78, 5) is 54.9. The summed E-state index contributed by atoms with van der Waals surface area (Å²) in [6.45, 7) is 5.92. The monoisotopic (exact) mass is 602 g/mol. The molecular weight excluding hydrogens is 552 g/mol. The number of carbonyl (C=O) groups is 4. The van der Waals surface area contributed by atoms with E-state index in [1.807, 2.05) is 13.8 Å². The van der Waals surface area contributed by atoms with Crippen molar-refractivity contribution in [2.45, 2.75) is 136 Å². The second-order valence-electron chi connectivity index (χ2n) is 14.4. The Balaban J connectivity index is 1.36. The average Bonchev–Trinajstić information content (AvgIpc) is 3.43. The van der Waals surface area contributed by atoms with Crippen LogP contribution < -0.4 is 5.32 Å². The lowest BCUT2D eigenvalue weighted by Gasteiger charge is -2.26. The zero-order valence-electron chi connectivity index (χ0n) is 27.0. The fraction of sp³-hybridized carbons (Fsp3) is 0.694. The molecule has 6 rings (SSSR count). The molecule has 3 fully saturated rings. The van der Waals surface area contributed by atoms with Gasteiger partial charge in [-0.25, -0.2) is 0 Å². The van der Waals surface area contributed by atoms with Gasteiger partial charge in [0.05, 0.1) is 11.6 Å². The molecule has 1 saturated heterocycles. The van der Waals surface area contributed by atoms with Crippen LogP contribution in [0.3, 0.4) is 0 Å². The highest BCUT2D eigenvalue weighted by Gasteiger charge is 2.66. The predicted octanol–water partition coefficient (Wildman–Crippen LogP) is 5.96. The summed E-state index contributed by atoms with van der Waals surface area (Å²) in [6.07, 6.45) is 15.2. The number of Topliss-reactive ketones (excluding diaryl/α,β-unsaturated/α-hetero) is 2. The highest BCUT2D eigenvalue weighted by Crippen LogP contribution is 2.59. The molecule has 2 bridgehead atoms. The van der Waals surface area contributed by atoms with Crippen LogP contribution in [0.25, 0.3) is 10.9 Å². The van der Waals surface area contributed by atoms with Crippen molar-refractivity contribution in [2.24, 2.45) is 17.3 Å². The third-order valence-corrected chi connectivity index (χ3v) is 11.2. The van der Waals surface area contributed by atoms with E-state index in [-0.39, 0.29) is 47.3 Å². The molecule has 2 saturated carbocycles. The molecule has 4 aliphatic rings. The van der Waals surface area contributed by atoms with Gasteiger partial charge >= 0.3 is 0 Å². The van der Waals surface area contributed by atoms with Crippen molar-refractivity contribution in [2.75, 3.05) is 6.54 Å². The maximum absolute atomic E-state index is 14.1. The van der Waals surface area contributed by atoms with Gasteiger partial charge in [0, 0.05) is 42.7 Å². The summed E-state index contributed by atoms with van der Waals surface area (Å²) in [6, 6.07) is 3.92. The number of carbonyl (C=O) groups excluding carboxylic acids is 4. The SMILES string of the molecule is CCC(=O)[C@@H]1C[C@]23CNC(=O)[C@@H](C)CCCCCc4cc(CCC5CCCCC5)cc5c(C(C)=O)nn(c45)CC(=O)N1[C@@H]2C3. The predicted molar refractivity (Wildman–Crippen MR) is 170 cm³/mol. The van der Waals surface area contributed by atoms with Gasteiger partial charge in [0.2, 0.25) is 11.8 Å². The molecule has 2 aliphatic carbocycles. The summed E-state index contributed by atoms with van der Waals surface area (Å²) in [5.41, 5.74) is 3.48. The lowest BCUT2D eigenvalue weighted by atomic mass is 9.85. The van der Waals surface area contributed by atoms with Gasteiger partial charge in [-0.3, -0.25) is 23.9 Å². The van der Waals surface area contributed by atoms with E-state index in [9.17, 15) is 19.2 Å². The number of nitrogens with one attached hydrogen (secondary N) is 1. The van der Waals surface area contributed by atoms with Crippen LogP contribution in [-0.4, -0.2) is 56.7 Å². The van der Waals surface area contributed by atoms with Crippen LogP contribution in [0, 0.1) is 17.3 Å². The van der Waals surface area contributed by atoms with Crippen molar-refractivity contribution in [3.63, 3.8) is 0 Å². The lowest BCUT2D eigenvalue weighted by Crippen LogP contribution is -2.44. The largest absolute Gasteiger partial charge is 0.355 e. The first-order chi connectivity index (χ1) is 21.2. The van der Waals surface area contributed by atoms with Crippen LogP contribution in [0.1, 0.15) is 126 Å². The van der Waals surface area contributed by atoms with Gasteiger partial charge < -0.3 is 10.2 Å². The van der Waals surface area contributed by atoms with Gasteiger partial charge in [-0.15, -0.1) is 0 Å². The van der Waals surface area contributed by atoms with Crippen molar-refractivity contribution < 1.29 is 19.2 Å². The van der Waals surface area contributed by atoms with E-state index in [0.29, 0.717) is 25.1 Å². The Kier molecular flexibility index (Phi) is 8.98. The Hall–Kier alpha value is -3.03. The minimum absolute atomic E-state index is 0.00165. The summed E-state index contributed by atoms with van der Waals surface area (Å²) in [5, 5.41) is 8.81. The van der Waals surface area contributed by atoms with E-state index in [0.717, 1.165) is 73.8 Å². The highest BCUT2D eigenvalue weighted by molar-refractivity contribution is 6.06. The molecule has 8 nitrogen and oxygen atoms in total. The fourth-order valence-electron chi connectivity index (χ4n) is 8.50. The summed E-state index contributed by atoms with van der Waals surface area (Å²) >= 11 is 0. The summed E-state index contributed by atoms with van der Waals surface area (Å²) in [7, 11) is 0. The molecule has 3 heterocycles. The second-order valence-corrected chi connectivity index (χ2v) is 14.4. The quantitative estimate of drug-likeness (QED) is 0.411. The second kappa shape index (κ2) is 12.8. The number of aromatic nitrogens is 2. The minimum atomic E-state index is -0.473. The topological polar surface area (TPSA) is 101 Å². The van der Waals surface area contributed by atoms with Gasteiger partial charge in [-0.2, -0.15) is 5.10 Å². The molecule has 8 heteroatoms. The minimum Gasteiger partial charge on any atom is -0.355 e. The third kappa shape index (κ3) is 6.10. The van der Waals surface area contributed by atoms with E-state index in [2.05, 4.69) is 17.4 Å². The fourth-order valence-corrected chi connectivity index (χ4v) is 8.50.